The van der Waals surface area contributed by atoms with Crippen molar-refractivity contribution in [3.8, 4) is 5.75 Å². The Balaban J connectivity index is 2.36. The van der Waals surface area contributed by atoms with Gasteiger partial charge in [0, 0.05) is 6.04 Å². The molecule has 1 aromatic heterocycles. The van der Waals surface area contributed by atoms with Gasteiger partial charge >= 0.3 is 0 Å². The smallest absolute Gasteiger partial charge is 0.137 e. The predicted octanol–water partition coefficient (Wildman–Crippen LogP) is 2.67. The molecule has 3 heteroatoms. The van der Waals surface area contributed by atoms with E-state index in [1.54, 1.807) is 6.20 Å². The molecule has 0 amide bonds. The number of ether oxygens (including phenoxy) is 1. The van der Waals surface area contributed by atoms with Gasteiger partial charge in [-0.1, -0.05) is 19.8 Å². The van der Waals surface area contributed by atoms with Gasteiger partial charge in [0.1, 0.15) is 5.75 Å². The molecule has 1 aromatic rings. The van der Waals surface area contributed by atoms with Crippen LogP contribution in [-0.4, -0.2) is 11.6 Å². The quantitative estimate of drug-likeness (QED) is 0.731. The number of hydrogen-bond donors (Lipinski definition) is 1. The summed E-state index contributed by atoms with van der Waals surface area (Å²) < 4.78 is 5.54. The Morgan fingerprint density at radius 3 is 2.73 bits per heavy atom. The molecular formula is C12H20N2O. The standard InChI is InChI=1S/C12H20N2O/c1-3-4-5-8-15-11-6-7-12(10(2)13)14-9-11/h6-7,9-10H,3-5,8,13H2,1-2H3/t10-/m1/s1. The lowest BCUT2D eigenvalue weighted by Crippen LogP contribution is -2.07. The van der Waals surface area contributed by atoms with Crippen LogP contribution < -0.4 is 10.5 Å². The van der Waals surface area contributed by atoms with E-state index in [2.05, 4.69) is 11.9 Å². The maximum atomic E-state index is 5.70. The summed E-state index contributed by atoms with van der Waals surface area (Å²) in [6.07, 6.45) is 5.27. The molecule has 0 aliphatic rings. The Kier molecular flexibility index (Phi) is 5.12. The number of rotatable bonds is 6. The number of aromatic nitrogens is 1. The Labute approximate surface area is 91.7 Å². The first-order valence-corrected chi connectivity index (χ1v) is 5.58. The van der Waals surface area contributed by atoms with Crippen LogP contribution in [0.2, 0.25) is 0 Å². The van der Waals surface area contributed by atoms with Crippen molar-refractivity contribution in [3.05, 3.63) is 24.0 Å². The van der Waals surface area contributed by atoms with Gasteiger partial charge in [0.25, 0.3) is 0 Å². The summed E-state index contributed by atoms with van der Waals surface area (Å²) in [5, 5.41) is 0. The SMILES string of the molecule is CCCCCOc1ccc([C@@H](C)N)nc1. The van der Waals surface area contributed by atoms with Crippen LogP contribution in [0.15, 0.2) is 18.3 Å². The molecular weight excluding hydrogens is 188 g/mol. The third-order valence-electron chi connectivity index (χ3n) is 2.24. The molecule has 1 atom stereocenters. The lowest BCUT2D eigenvalue weighted by Gasteiger charge is -2.07. The largest absolute Gasteiger partial charge is 0.492 e. The van der Waals surface area contributed by atoms with Crippen molar-refractivity contribution in [2.75, 3.05) is 6.61 Å². The lowest BCUT2D eigenvalue weighted by molar-refractivity contribution is 0.305. The minimum absolute atomic E-state index is 0.0147. The van der Waals surface area contributed by atoms with E-state index >= 15 is 0 Å². The third-order valence-corrected chi connectivity index (χ3v) is 2.24. The van der Waals surface area contributed by atoms with Crippen LogP contribution in [0.5, 0.6) is 5.75 Å². The fourth-order valence-electron chi connectivity index (χ4n) is 1.29. The molecule has 3 nitrogen and oxygen atoms in total. The van der Waals surface area contributed by atoms with Gasteiger partial charge in [-0.15, -0.1) is 0 Å². The number of pyridine rings is 1. The van der Waals surface area contributed by atoms with Crippen LogP contribution in [0.1, 0.15) is 44.8 Å². The molecule has 84 valence electrons. The summed E-state index contributed by atoms with van der Waals surface area (Å²) >= 11 is 0. The zero-order valence-corrected chi connectivity index (χ0v) is 9.57. The van der Waals surface area contributed by atoms with Crippen LogP contribution >= 0.6 is 0 Å². The van der Waals surface area contributed by atoms with Crippen molar-refractivity contribution in [3.63, 3.8) is 0 Å². The van der Waals surface area contributed by atoms with Crippen LogP contribution in [0, 0.1) is 0 Å². The first-order chi connectivity index (χ1) is 7.24. The van der Waals surface area contributed by atoms with E-state index in [0.717, 1.165) is 24.5 Å². The molecule has 0 radical (unpaired) electrons. The van der Waals surface area contributed by atoms with Crippen LogP contribution in [0.25, 0.3) is 0 Å². The molecule has 15 heavy (non-hydrogen) atoms. The molecule has 1 rings (SSSR count). The van der Waals surface area contributed by atoms with Crippen molar-refractivity contribution < 1.29 is 4.74 Å². The molecule has 0 spiro atoms. The summed E-state index contributed by atoms with van der Waals surface area (Å²) in [6.45, 7) is 4.87. The van der Waals surface area contributed by atoms with E-state index in [4.69, 9.17) is 10.5 Å². The van der Waals surface area contributed by atoms with E-state index in [-0.39, 0.29) is 6.04 Å². The molecule has 0 aliphatic heterocycles. The summed E-state index contributed by atoms with van der Waals surface area (Å²) in [4.78, 5) is 4.23. The monoisotopic (exact) mass is 208 g/mol. The summed E-state index contributed by atoms with van der Waals surface area (Å²) in [7, 11) is 0. The average Bonchev–Trinajstić information content (AvgIpc) is 2.25. The Hall–Kier alpha value is -1.09. The van der Waals surface area contributed by atoms with Crippen molar-refractivity contribution in [2.24, 2.45) is 5.73 Å². The topological polar surface area (TPSA) is 48.1 Å². The van der Waals surface area contributed by atoms with Gasteiger partial charge in [-0.25, -0.2) is 0 Å². The molecule has 0 fully saturated rings. The molecule has 0 saturated carbocycles. The van der Waals surface area contributed by atoms with Gasteiger partial charge in [0.15, 0.2) is 0 Å². The number of nitrogens with zero attached hydrogens (tertiary/aromatic N) is 1. The van der Waals surface area contributed by atoms with Gasteiger partial charge in [0.2, 0.25) is 0 Å². The van der Waals surface area contributed by atoms with Crippen LogP contribution in [0.3, 0.4) is 0 Å². The van der Waals surface area contributed by atoms with E-state index in [1.807, 2.05) is 19.1 Å². The molecule has 0 aliphatic carbocycles. The van der Waals surface area contributed by atoms with Gasteiger partial charge in [0.05, 0.1) is 18.5 Å². The fraction of sp³-hybridized carbons (Fsp3) is 0.583. The van der Waals surface area contributed by atoms with Crippen LogP contribution in [0.4, 0.5) is 0 Å². The molecule has 1 heterocycles. The maximum absolute atomic E-state index is 5.70. The van der Waals surface area contributed by atoms with Crippen molar-refractivity contribution in [2.45, 2.75) is 39.2 Å². The van der Waals surface area contributed by atoms with Gasteiger partial charge in [-0.05, 0) is 25.5 Å². The lowest BCUT2D eigenvalue weighted by atomic mass is 10.2. The molecule has 0 saturated heterocycles. The van der Waals surface area contributed by atoms with Crippen molar-refractivity contribution >= 4 is 0 Å². The van der Waals surface area contributed by atoms with E-state index in [0.29, 0.717) is 0 Å². The predicted molar refractivity (Wildman–Crippen MR) is 61.9 cm³/mol. The van der Waals surface area contributed by atoms with E-state index < -0.39 is 0 Å². The van der Waals surface area contributed by atoms with Crippen LogP contribution in [-0.2, 0) is 0 Å². The number of hydrogen-bond acceptors (Lipinski definition) is 3. The second-order valence-corrected chi connectivity index (χ2v) is 3.76. The first kappa shape index (κ1) is 12.0. The second-order valence-electron chi connectivity index (χ2n) is 3.76. The highest BCUT2D eigenvalue weighted by atomic mass is 16.5. The molecule has 0 aromatic carbocycles. The minimum Gasteiger partial charge on any atom is -0.492 e. The highest BCUT2D eigenvalue weighted by Gasteiger charge is 2.00. The Morgan fingerprint density at radius 2 is 2.20 bits per heavy atom. The summed E-state index contributed by atoms with van der Waals surface area (Å²) in [5.41, 5.74) is 6.60. The fourth-order valence-corrected chi connectivity index (χ4v) is 1.29. The minimum atomic E-state index is -0.0147. The zero-order valence-electron chi connectivity index (χ0n) is 9.57. The van der Waals surface area contributed by atoms with Crippen molar-refractivity contribution in [1.82, 2.24) is 4.98 Å². The molecule has 0 unspecified atom stereocenters. The van der Waals surface area contributed by atoms with Crippen molar-refractivity contribution in [1.29, 1.82) is 0 Å². The number of nitrogens with two attached hydrogens (primary N) is 1. The Bertz CT molecular complexity index is 269. The van der Waals surface area contributed by atoms with Gasteiger partial charge in [-0.3, -0.25) is 4.98 Å². The highest BCUT2D eigenvalue weighted by Crippen LogP contribution is 2.13. The maximum Gasteiger partial charge on any atom is 0.137 e. The molecule has 2 N–H and O–H groups in total. The zero-order chi connectivity index (χ0) is 11.1. The highest BCUT2D eigenvalue weighted by molar-refractivity contribution is 5.21. The first-order valence-electron chi connectivity index (χ1n) is 5.58. The van der Waals surface area contributed by atoms with Gasteiger partial charge < -0.3 is 10.5 Å². The van der Waals surface area contributed by atoms with E-state index in [9.17, 15) is 0 Å². The average molecular weight is 208 g/mol. The number of unbranched alkanes of at least 4 members (excludes halogenated alkanes) is 2. The summed E-state index contributed by atoms with van der Waals surface area (Å²) in [5.74, 6) is 0.829. The van der Waals surface area contributed by atoms with E-state index in [1.165, 1.54) is 12.8 Å². The van der Waals surface area contributed by atoms with Gasteiger partial charge in [-0.2, -0.15) is 0 Å². The summed E-state index contributed by atoms with van der Waals surface area (Å²) in [6, 6.07) is 3.83. The third kappa shape index (κ3) is 4.30. The molecule has 0 bridgehead atoms. The normalized spacial score (nSPS) is 12.5. The Morgan fingerprint density at radius 1 is 1.40 bits per heavy atom. The second kappa shape index (κ2) is 6.40.